The van der Waals surface area contributed by atoms with Gasteiger partial charge in [-0.25, -0.2) is 9.37 Å². The molecule has 0 amide bonds. The van der Waals surface area contributed by atoms with Gasteiger partial charge in [0, 0.05) is 23.3 Å². The van der Waals surface area contributed by atoms with E-state index in [9.17, 15) is 4.39 Å². The zero-order valence-electron chi connectivity index (χ0n) is 8.08. The summed E-state index contributed by atoms with van der Waals surface area (Å²) in [4.78, 5) is 3.96. The summed E-state index contributed by atoms with van der Waals surface area (Å²) in [5.41, 5.74) is 0. The second-order valence-electron chi connectivity index (χ2n) is 3.85. The average Bonchev–Trinajstić information content (AvgIpc) is 2.13. The Morgan fingerprint density at radius 3 is 2.93 bits per heavy atom. The van der Waals surface area contributed by atoms with Gasteiger partial charge in [-0.2, -0.15) is 0 Å². The molecule has 1 aromatic heterocycles. The minimum absolute atomic E-state index is 0.217. The maximum atomic E-state index is 13.3. The van der Waals surface area contributed by atoms with E-state index in [1.54, 1.807) is 6.20 Å². The number of halogens is 2. The number of pyridine rings is 1. The van der Waals surface area contributed by atoms with Gasteiger partial charge in [-0.15, -0.1) is 0 Å². The van der Waals surface area contributed by atoms with E-state index in [0.717, 1.165) is 12.8 Å². The van der Waals surface area contributed by atoms with Gasteiger partial charge in [0.2, 0.25) is 0 Å². The van der Waals surface area contributed by atoms with Crippen molar-refractivity contribution in [1.82, 2.24) is 4.98 Å². The molecule has 1 aliphatic carbocycles. The van der Waals surface area contributed by atoms with Crippen molar-refractivity contribution in [3.8, 4) is 0 Å². The van der Waals surface area contributed by atoms with Crippen molar-refractivity contribution in [1.29, 1.82) is 0 Å². The van der Waals surface area contributed by atoms with Crippen LogP contribution in [0.1, 0.15) is 12.8 Å². The first-order valence-corrected chi connectivity index (χ1v) is 5.66. The van der Waals surface area contributed by atoms with Gasteiger partial charge in [0.05, 0.1) is 0 Å². The molecule has 0 bridgehead atoms. The van der Waals surface area contributed by atoms with Gasteiger partial charge in [-0.05, 0) is 40.8 Å². The second kappa shape index (κ2) is 4.45. The highest BCUT2D eigenvalue weighted by Gasteiger charge is 2.28. The number of nitrogens with zero attached hydrogens (tertiary/aromatic N) is 1. The lowest BCUT2D eigenvalue weighted by atomic mass is 9.81. The summed E-state index contributed by atoms with van der Waals surface area (Å²) >= 11 is 3.15. The van der Waals surface area contributed by atoms with Crippen LogP contribution in [0, 0.1) is 11.7 Å². The van der Waals surface area contributed by atoms with Crippen molar-refractivity contribution in [3.63, 3.8) is 0 Å². The third-order valence-electron chi connectivity index (χ3n) is 2.64. The molecule has 15 heavy (non-hydrogen) atoms. The summed E-state index contributed by atoms with van der Waals surface area (Å²) in [7, 11) is 0. The Morgan fingerprint density at radius 1 is 1.60 bits per heavy atom. The summed E-state index contributed by atoms with van der Waals surface area (Å²) < 4.78 is 14.0. The molecule has 82 valence electrons. The molecular weight excluding hydrogens is 263 g/mol. The maximum absolute atomic E-state index is 13.3. The topological polar surface area (TPSA) is 45.1 Å². The van der Waals surface area contributed by atoms with Crippen LogP contribution in [-0.4, -0.2) is 22.7 Å². The number of hydrogen-bond donors (Lipinski definition) is 2. The first kappa shape index (κ1) is 10.8. The van der Waals surface area contributed by atoms with Gasteiger partial charge in [0.25, 0.3) is 0 Å². The van der Waals surface area contributed by atoms with Crippen molar-refractivity contribution < 1.29 is 9.50 Å². The minimum Gasteiger partial charge on any atom is -0.396 e. The summed E-state index contributed by atoms with van der Waals surface area (Å²) in [5, 5.41) is 11.9. The van der Waals surface area contributed by atoms with Crippen LogP contribution in [0.3, 0.4) is 0 Å². The van der Waals surface area contributed by atoms with E-state index in [4.69, 9.17) is 5.11 Å². The number of hydrogen-bond acceptors (Lipinski definition) is 3. The van der Waals surface area contributed by atoms with Crippen molar-refractivity contribution in [2.24, 2.45) is 5.92 Å². The van der Waals surface area contributed by atoms with Crippen molar-refractivity contribution >= 4 is 21.7 Å². The van der Waals surface area contributed by atoms with Crippen LogP contribution in [0.5, 0.6) is 0 Å². The number of aliphatic hydroxyl groups is 1. The van der Waals surface area contributed by atoms with E-state index in [2.05, 4.69) is 26.2 Å². The van der Waals surface area contributed by atoms with E-state index >= 15 is 0 Å². The first-order valence-electron chi connectivity index (χ1n) is 4.87. The molecule has 2 rings (SSSR count). The molecule has 0 aromatic carbocycles. The number of rotatable bonds is 3. The van der Waals surface area contributed by atoms with E-state index in [-0.39, 0.29) is 18.5 Å². The fourth-order valence-electron chi connectivity index (χ4n) is 1.72. The summed E-state index contributed by atoms with van der Waals surface area (Å²) in [6.07, 6.45) is 3.33. The monoisotopic (exact) mass is 274 g/mol. The lowest BCUT2D eigenvalue weighted by molar-refractivity contribution is 0.151. The Hall–Kier alpha value is -0.680. The highest BCUT2D eigenvalue weighted by atomic mass is 79.9. The summed E-state index contributed by atoms with van der Waals surface area (Å²) in [6.45, 7) is 0.217. The lowest BCUT2D eigenvalue weighted by Gasteiger charge is -2.34. The van der Waals surface area contributed by atoms with E-state index in [1.165, 1.54) is 6.07 Å². The fraction of sp³-hybridized carbons (Fsp3) is 0.500. The summed E-state index contributed by atoms with van der Waals surface area (Å²) in [5.74, 6) is 0.303. The quantitative estimate of drug-likeness (QED) is 0.888. The maximum Gasteiger partial charge on any atom is 0.166 e. The molecule has 0 radical (unpaired) electrons. The second-order valence-corrected chi connectivity index (χ2v) is 4.76. The molecule has 1 aliphatic rings. The van der Waals surface area contributed by atoms with Crippen LogP contribution in [0.4, 0.5) is 10.2 Å². The predicted molar refractivity (Wildman–Crippen MR) is 59.1 cm³/mol. The Balaban J connectivity index is 1.94. The predicted octanol–water partition coefficient (Wildman–Crippen LogP) is 2.17. The molecule has 1 saturated carbocycles. The molecule has 2 N–H and O–H groups in total. The molecule has 0 unspecified atom stereocenters. The zero-order valence-corrected chi connectivity index (χ0v) is 9.67. The number of anilines is 1. The van der Waals surface area contributed by atoms with Gasteiger partial charge in [0.15, 0.2) is 11.6 Å². The molecule has 0 saturated heterocycles. The van der Waals surface area contributed by atoms with E-state index in [1.807, 2.05) is 0 Å². The van der Waals surface area contributed by atoms with Crippen LogP contribution in [0.2, 0.25) is 0 Å². The largest absolute Gasteiger partial charge is 0.396 e. The molecule has 1 aromatic rings. The van der Waals surface area contributed by atoms with Gasteiger partial charge >= 0.3 is 0 Å². The Labute approximate surface area is 95.8 Å². The van der Waals surface area contributed by atoms with Crippen molar-refractivity contribution in [2.45, 2.75) is 18.9 Å². The SMILES string of the molecule is OCC1CC(Nc2ncc(Br)cc2F)C1. The molecule has 0 aliphatic heterocycles. The normalized spacial score (nSPS) is 24.7. The highest BCUT2D eigenvalue weighted by Crippen LogP contribution is 2.30. The van der Waals surface area contributed by atoms with Crippen LogP contribution in [-0.2, 0) is 0 Å². The standard InChI is InChI=1S/C10H12BrFN2O/c11-7-3-9(12)10(13-4-7)14-8-1-6(2-8)5-15/h3-4,6,8,15H,1-2,5H2,(H,13,14). The molecular formula is C10H12BrFN2O. The lowest BCUT2D eigenvalue weighted by Crippen LogP contribution is -2.37. The molecule has 1 fully saturated rings. The van der Waals surface area contributed by atoms with Crippen LogP contribution >= 0.6 is 15.9 Å². The van der Waals surface area contributed by atoms with E-state index < -0.39 is 0 Å². The molecule has 0 spiro atoms. The fourth-order valence-corrected chi connectivity index (χ4v) is 2.02. The van der Waals surface area contributed by atoms with Crippen molar-refractivity contribution in [2.75, 3.05) is 11.9 Å². The van der Waals surface area contributed by atoms with Crippen molar-refractivity contribution in [3.05, 3.63) is 22.6 Å². The van der Waals surface area contributed by atoms with Gasteiger partial charge in [0.1, 0.15) is 0 Å². The number of aliphatic hydroxyl groups excluding tert-OH is 1. The van der Waals surface area contributed by atoms with Crippen LogP contribution in [0.15, 0.2) is 16.7 Å². The van der Waals surface area contributed by atoms with Crippen LogP contribution in [0.25, 0.3) is 0 Å². The Bertz CT molecular complexity index is 355. The molecule has 5 heteroatoms. The van der Waals surface area contributed by atoms with Gasteiger partial charge in [-0.1, -0.05) is 0 Å². The Morgan fingerprint density at radius 2 is 2.33 bits per heavy atom. The number of nitrogens with one attached hydrogen (secondary N) is 1. The first-order chi connectivity index (χ1) is 7.19. The van der Waals surface area contributed by atoms with Crippen LogP contribution < -0.4 is 5.32 Å². The zero-order chi connectivity index (χ0) is 10.8. The van der Waals surface area contributed by atoms with Gasteiger partial charge in [-0.3, -0.25) is 0 Å². The molecule has 0 atom stereocenters. The minimum atomic E-state index is -0.350. The Kier molecular flexibility index (Phi) is 3.21. The highest BCUT2D eigenvalue weighted by molar-refractivity contribution is 9.10. The number of aromatic nitrogens is 1. The van der Waals surface area contributed by atoms with Gasteiger partial charge < -0.3 is 10.4 Å². The van der Waals surface area contributed by atoms with E-state index in [0.29, 0.717) is 16.2 Å². The third-order valence-corrected chi connectivity index (χ3v) is 3.08. The third kappa shape index (κ3) is 2.46. The molecule has 3 nitrogen and oxygen atoms in total. The summed E-state index contributed by atoms with van der Waals surface area (Å²) in [6, 6.07) is 1.63. The smallest absolute Gasteiger partial charge is 0.166 e. The molecule has 1 heterocycles. The average molecular weight is 275 g/mol.